The van der Waals surface area contributed by atoms with Gasteiger partial charge in [-0.25, -0.2) is 0 Å². The third-order valence-electron chi connectivity index (χ3n) is 3.07. The molecule has 84 valence electrons. The maximum Gasteiger partial charge on any atom is 0.0214 e. The molecule has 15 heavy (non-hydrogen) atoms. The second-order valence-corrected chi connectivity index (χ2v) is 5.47. The molecule has 0 saturated heterocycles. The molecule has 3 heteroatoms. The van der Waals surface area contributed by atoms with Crippen molar-refractivity contribution in [1.29, 1.82) is 0 Å². The van der Waals surface area contributed by atoms with Crippen LogP contribution in [0.3, 0.4) is 0 Å². The Bertz CT molecular complexity index is 265. The van der Waals surface area contributed by atoms with Crippen molar-refractivity contribution >= 4 is 11.3 Å². The maximum atomic E-state index is 6.09. The van der Waals surface area contributed by atoms with Gasteiger partial charge in [-0.3, -0.25) is 0 Å². The van der Waals surface area contributed by atoms with E-state index in [1.165, 1.54) is 30.6 Å². The molecular formula is C12H20N2S. The molecule has 0 bridgehead atoms. The van der Waals surface area contributed by atoms with Gasteiger partial charge in [-0.05, 0) is 30.7 Å². The molecule has 1 fully saturated rings. The Morgan fingerprint density at radius 2 is 2.27 bits per heavy atom. The predicted molar refractivity (Wildman–Crippen MR) is 66.3 cm³/mol. The third-order valence-corrected chi connectivity index (χ3v) is 3.97. The van der Waals surface area contributed by atoms with Crippen LogP contribution in [0.25, 0.3) is 0 Å². The van der Waals surface area contributed by atoms with Crippen LogP contribution >= 0.6 is 11.3 Å². The second kappa shape index (κ2) is 5.64. The molecule has 1 aliphatic rings. The number of hydrogen-bond donors (Lipinski definition) is 2. The van der Waals surface area contributed by atoms with E-state index in [0.717, 1.165) is 19.0 Å². The van der Waals surface area contributed by atoms with E-state index < -0.39 is 0 Å². The average Bonchev–Trinajstić information content (AvgIpc) is 2.86. The van der Waals surface area contributed by atoms with Gasteiger partial charge in [0, 0.05) is 23.5 Å². The van der Waals surface area contributed by atoms with E-state index in [9.17, 15) is 0 Å². The fourth-order valence-corrected chi connectivity index (χ4v) is 3.01. The zero-order valence-corrected chi connectivity index (χ0v) is 9.93. The van der Waals surface area contributed by atoms with Crippen molar-refractivity contribution in [2.75, 3.05) is 6.54 Å². The van der Waals surface area contributed by atoms with Crippen LogP contribution in [0.4, 0.5) is 0 Å². The SMILES string of the molecule is NC(CNC1CCCC1)Cc1cccs1. The first-order valence-electron chi connectivity index (χ1n) is 5.86. The molecule has 0 aliphatic heterocycles. The lowest BCUT2D eigenvalue weighted by molar-refractivity contribution is 0.485. The first kappa shape index (κ1) is 11.1. The van der Waals surface area contributed by atoms with Crippen LogP contribution in [-0.2, 0) is 6.42 Å². The molecule has 1 aliphatic carbocycles. The van der Waals surface area contributed by atoms with Crippen molar-refractivity contribution in [3.8, 4) is 0 Å². The van der Waals surface area contributed by atoms with E-state index in [1.807, 2.05) is 0 Å². The molecular weight excluding hydrogens is 204 g/mol. The van der Waals surface area contributed by atoms with Crippen molar-refractivity contribution in [3.63, 3.8) is 0 Å². The maximum absolute atomic E-state index is 6.09. The lowest BCUT2D eigenvalue weighted by Gasteiger charge is -2.16. The van der Waals surface area contributed by atoms with Gasteiger partial charge in [0.1, 0.15) is 0 Å². The highest BCUT2D eigenvalue weighted by Gasteiger charge is 2.15. The van der Waals surface area contributed by atoms with Crippen molar-refractivity contribution in [2.45, 2.75) is 44.2 Å². The van der Waals surface area contributed by atoms with Crippen LogP contribution in [0.15, 0.2) is 17.5 Å². The van der Waals surface area contributed by atoms with E-state index in [2.05, 4.69) is 22.8 Å². The fraction of sp³-hybridized carbons (Fsp3) is 0.667. The standard InChI is InChI=1S/C12H20N2S/c13-10(8-12-6-3-7-15-12)9-14-11-4-1-2-5-11/h3,6-7,10-11,14H,1-2,4-5,8-9,13H2. The Hall–Kier alpha value is -0.380. The van der Waals surface area contributed by atoms with Crippen LogP contribution in [0, 0.1) is 0 Å². The molecule has 1 aromatic rings. The molecule has 0 radical (unpaired) electrons. The van der Waals surface area contributed by atoms with Gasteiger partial charge in [0.05, 0.1) is 0 Å². The topological polar surface area (TPSA) is 38.0 Å². The molecule has 1 heterocycles. The Morgan fingerprint density at radius 3 is 2.93 bits per heavy atom. The quantitative estimate of drug-likeness (QED) is 0.804. The smallest absolute Gasteiger partial charge is 0.0214 e. The Kier molecular flexibility index (Phi) is 4.18. The third kappa shape index (κ3) is 3.59. The summed E-state index contributed by atoms with van der Waals surface area (Å²) in [5, 5.41) is 5.69. The molecule has 1 unspecified atom stereocenters. The summed E-state index contributed by atoms with van der Waals surface area (Å²) in [5.74, 6) is 0. The molecule has 0 aromatic carbocycles. The lowest BCUT2D eigenvalue weighted by Crippen LogP contribution is -2.39. The van der Waals surface area contributed by atoms with E-state index in [1.54, 1.807) is 11.3 Å². The van der Waals surface area contributed by atoms with Crippen molar-refractivity contribution in [1.82, 2.24) is 5.32 Å². The largest absolute Gasteiger partial charge is 0.326 e. The number of nitrogens with one attached hydrogen (secondary N) is 1. The minimum Gasteiger partial charge on any atom is -0.326 e. The van der Waals surface area contributed by atoms with Crippen molar-refractivity contribution < 1.29 is 0 Å². The molecule has 2 rings (SSSR count). The van der Waals surface area contributed by atoms with E-state index in [0.29, 0.717) is 0 Å². The van der Waals surface area contributed by atoms with Crippen LogP contribution in [-0.4, -0.2) is 18.6 Å². The van der Waals surface area contributed by atoms with E-state index in [4.69, 9.17) is 5.73 Å². The van der Waals surface area contributed by atoms with Crippen LogP contribution < -0.4 is 11.1 Å². The predicted octanol–water partition coefficient (Wildman–Crippen LogP) is 2.15. The Labute approximate surface area is 95.9 Å². The molecule has 3 N–H and O–H groups in total. The Morgan fingerprint density at radius 1 is 1.47 bits per heavy atom. The highest BCUT2D eigenvalue weighted by molar-refractivity contribution is 7.09. The summed E-state index contributed by atoms with van der Waals surface area (Å²) in [7, 11) is 0. The molecule has 0 spiro atoms. The summed E-state index contributed by atoms with van der Waals surface area (Å²) in [6.07, 6.45) is 6.46. The van der Waals surface area contributed by atoms with Gasteiger partial charge in [-0.1, -0.05) is 18.9 Å². The number of rotatable bonds is 5. The van der Waals surface area contributed by atoms with Gasteiger partial charge >= 0.3 is 0 Å². The summed E-state index contributed by atoms with van der Waals surface area (Å²) < 4.78 is 0. The zero-order valence-electron chi connectivity index (χ0n) is 9.11. The monoisotopic (exact) mass is 224 g/mol. The summed E-state index contributed by atoms with van der Waals surface area (Å²) >= 11 is 1.80. The summed E-state index contributed by atoms with van der Waals surface area (Å²) in [4.78, 5) is 1.40. The van der Waals surface area contributed by atoms with Gasteiger partial charge in [-0.15, -0.1) is 11.3 Å². The molecule has 1 atom stereocenters. The molecule has 1 aromatic heterocycles. The zero-order chi connectivity index (χ0) is 10.5. The minimum absolute atomic E-state index is 0.268. The van der Waals surface area contributed by atoms with Crippen LogP contribution in [0.1, 0.15) is 30.6 Å². The average molecular weight is 224 g/mol. The van der Waals surface area contributed by atoms with Gasteiger partial charge in [0.15, 0.2) is 0 Å². The van der Waals surface area contributed by atoms with Crippen LogP contribution in [0.2, 0.25) is 0 Å². The van der Waals surface area contributed by atoms with E-state index >= 15 is 0 Å². The minimum atomic E-state index is 0.268. The van der Waals surface area contributed by atoms with Crippen molar-refractivity contribution in [2.24, 2.45) is 5.73 Å². The lowest BCUT2D eigenvalue weighted by atomic mass is 10.1. The fourth-order valence-electron chi connectivity index (χ4n) is 2.21. The van der Waals surface area contributed by atoms with E-state index in [-0.39, 0.29) is 6.04 Å². The number of nitrogens with two attached hydrogens (primary N) is 1. The number of hydrogen-bond acceptors (Lipinski definition) is 3. The normalized spacial score (nSPS) is 19.5. The van der Waals surface area contributed by atoms with Gasteiger partial charge in [0.2, 0.25) is 0 Å². The molecule has 2 nitrogen and oxygen atoms in total. The summed E-state index contributed by atoms with van der Waals surface area (Å²) in [6, 6.07) is 5.26. The van der Waals surface area contributed by atoms with Gasteiger partial charge in [0.25, 0.3) is 0 Å². The highest BCUT2D eigenvalue weighted by atomic mass is 32.1. The van der Waals surface area contributed by atoms with Gasteiger partial charge < -0.3 is 11.1 Å². The number of thiophene rings is 1. The molecule has 0 amide bonds. The highest BCUT2D eigenvalue weighted by Crippen LogP contribution is 2.17. The first-order chi connectivity index (χ1) is 7.34. The first-order valence-corrected chi connectivity index (χ1v) is 6.74. The van der Waals surface area contributed by atoms with Crippen LogP contribution in [0.5, 0.6) is 0 Å². The Balaban J connectivity index is 1.66. The summed E-state index contributed by atoms with van der Waals surface area (Å²) in [5.41, 5.74) is 6.09. The van der Waals surface area contributed by atoms with Gasteiger partial charge in [-0.2, -0.15) is 0 Å². The molecule has 1 saturated carbocycles. The second-order valence-electron chi connectivity index (χ2n) is 4.43. The van der Waals surface area contributed by atoms with Crippen molar-refractivity contribution in [3.05, 3.63) is 22.4 Å². The summed E-state index contributed by atoms with van der Waals surface area (Å²) in [6.45, 7) is 0.961.